The van der Waals surface area contributed by atoms with Crippen molar-refractivity contribution in [1.82, 2.24) is 14.9 Å². The molecule has 1 fully saturated rings. The molecule has 1 aromatic rings. The molecular weight excluding hydrogens is 198 g/mol. The second-order valence-corrected chi connectivity index (χ2v) is 5.40. The summed E-state index contributed by atoms with van der Waals surface area (Å²) in [5.41, 5.74) is 0.168. The van der Waals surface area contributed by atoms with Gasteiger partial charge in [-0.3, -0.25) is 0 Å². The molecule has 3 heteroatoms. The van der Waals surface area contributed by atoms with Crippen LogP contribution in [0.15, 0.2) is 12.4 Å². The fraction of sp³-hybridized carbons (Fsp3) is 0.769. The van der Waals surface area contributed by atoms with Crippen LogP contribution in [0.3, 0.4) is 0 Å². The van der Waals surface area contributed by atoms with Crippen molar-refractivity contribution in [2.24, 2.45) is 0 Å². The molecule has 1 aliphatic rings. The van der Waals surface area contributed by atoms with E-state index >= 15 is 0 Å². The van der Waals surface area contributed by atoms with Gasteiger partial charge in [0.2, 0.25) is 0 Å². The molecule has 0 amide bonds. The number of rotatable bonds is 6. The van der Waals surface area contributed by atoms with Crippen LogP contribution in [0.25, 0.3) is 0 Å². The van der Waals surface area contributed by atoms with Crippen LogP contribution < -0.4 is 5.32 Å². The fourth-order valence-corrected chi connectivity index (χ4v) is 2.14. The number of hydrogen-bond acceptors (Lipinski definition) is 2. The molecule has 16 heavy (non-hydrogen) atoms. The van der Waals surface area contributed by atoms with E-state index in [4.69, 9.17) is 0 Å². The van der Waals surface area contributed by atoms with Gasteiger partial charge < -0.3 is 9.88 Å². The predicted molar refractivity (Wildman–Crippen MR) is 66.6 cm³/mol. The Labute approximate surface area is 98.3 Å². The normalized spacial score (nSPS) is 16.7. The SMILES string of the molecule is CCn1ccnc1C(C)(C)CCNC1CC1. The summed E-state index contributed by atoms with van der Waals surface area (Å²) in [5, 5.41) is 3.58. The van der Waals surface area contributed by atoms with Gasteiger partial charge in [0.05, 0.1) is 0 Å². The Hall–Kier alpha value is -0.830. The summed E-state index contributed by atoms with van der Waals surface area (Å²) in [5.74, 6) is 1.22. The first kappa shape index (κ1) is 11.6. The van der Waals surface area contributed by atoms with Gasteiger partial charge in [-0.05, 0) is 32.7 Å². The second-order valence-electron chi connectivity index (χ2n) is 5.40. The van der Waals surface area contributed by atoms with Crippen molar-refractivity contribution in [3.05, 3.63) is 18.2 Å². The van der Waals surface area contributed by atoms with E-state index < -0.39 is 0 Å². The summed E-state index contributed by atoms with van der Waals surface area (Å²) in [7, 11) is 0. The average molecular weight is 221 g/mol. The zero-order chi connectivity index (χ0) is 11.6. The molecule has 1 aliphatic carbocycles. The molecule has 0 atom stereocenters. The van der Waals surface area contributed by atoms with E-state index in [-0.39, 0.29) is 5.41 Å². The molecule has 0 radical (unpaired) electrons. The van der Waals surface area contributed by atoms with E-state index in [1.807, 2.05) is 6.20 Å². The van der Waals surface area contributed by atoms with Gasteiger partial charge in [0.1, 0.15) is 5.82 Å². The monoisotopic (exact) mass is 221 g/mol. The van der Waals surface area contributed by atoms with Crippen molar-refractivity contribution in [2.75, 3.05) is 6.54 Å². The molecular formula is C13H23N3. The third kappa shape index (κ3) is 2.64. The number of imidazole rings is 1. The van der Waals surface area contributed by atoms with Gasteiger partial charge in [-0.15, -0.1) is 0 Å². The maximum absolute atomic E-state index is 4.51. The average Bonchev–Trinajstić information content (AvgIpc) is 2.93. The summed E-state index contributed by atoms with van der Waals surface area (Å²) in [4.78, 5) is 4.51. The van der Waals surface area contributed by atoms with Crippen LogP contribution in [0, 0.1) is 0 Å². The molecule has 1 heterocycles. The van der Waals surface area contributed by atoms with Gasteiger partial charge in [0.25, 0.3) is 0 Å². The van der Waals surface area contributed by atoms with Crippen LogP contribution >= 0.6 is 0 Å². The smallest absolute Gasteiger partial charge is 0.114 e. The van der Waals surface area contributed by atoms with E-state index in [0.29, 0.717) is 0 Å². The third-order valence-corrected chi connectivity index (χ3v) is 3.42. The van der Waals surface area contributed by atoms with Gasteiger partial charge in [0, 0.05) is 30.4 Å². The van der Waals surface area contributed by atoms with E-state index in [0.717, 1.165) is 25.6 Å². The van der Waals surface area contributed by atoms with E-state index in [1.165, 1.54) is 18.7 Å². The maximum atomic E-state index is 4.51. The zero-order valence-corrected chi connectivity index (χ0v) is 10.7. The van der Waals surface area contributed by atoms with Gasteiger partial charge >= 0.3 is 0 Å². The van der Waals surface area contributed by atoms with Crippen molar-refractivity contribution in [2.45, 2.75) is 58.0 Å². The highest BCUT2D eigenvalue weighted by molar-refractivity contribution is 5.07. The first-order valence-corrected chi connectivity index (χ1v) is 6.38. The molecule has 0 spiro atoms. The lowest BCUT2D eigenvalue weighted by atomic mass is 9.88. The predicted octanol–water partition coefficient (Wildman–Crippen LogP) is 2.32. The molecule has 0 aliphatic heterocycles. The van der Waals surface area contributed by atoms with E-state index in [2.05, 4.69) is 41.8 Å². The molecule has 0 saturated heterocycles. The number of nitrogens with one attached hydrogen (secondary N) is 1. The zero-order valence-electron chi connectivity index (χ0n) is 10.7. The van der Waals surface area contributed by atoms with Crippen LogP contribution in [-0.2, 0) is 12.0 Å². The van der Waals surface area contributed by atoms with Crippen LogP contribution in [-0.4, -0.2) is 22.1 Å². The molecule has 3 nitrogen and oxygen atoms in total. The van der Waals surface area contributed by atoms with Gasteiger partial charge in [-0.25, -0.2) is 4.98 Å². The number of hydrogen-bond donors (Lipinski definition) is 1. The Morgan fingerprint density at radius 1 is 1.50 bits per heavy atom. The highest BCUT2D eigenvalue weighted by Gasteiger charge is 2.26. The van der Waals surface area contributed by atoms with Crippen molar-refractivity contribution < 1.29 is 0 Å². The summed E-state index contributed by atoms with van der Waals surface area (Å²) >= 11 is 0. The summed E-state index contributed by atoms with van der Waals surface area (Å²) in [6.45, 7) is 8.86. The van der Waals surface area contributed by atoms with E-state index in [9.17, 15) is 0 Å². The molecule has 0 unspecified atom stereocenters. The van der Waals surface area contributed by atoms with Crippen molar-refractivity contribution >= 4 is 0 Å². The standard InChI is InChI=1S/C13H23N3/c1-4-16-10-9-15-12(16)13(2,3)7-8-14-11-5-6-11/h9-11,14H,4-8H2,1-3H3. The Kier molecular flexibility index (Phi) is 3.33. The molecule has 0 aromatic carbocycles. The fourth-order valence-electron chi connectivity index (χ4n) is 2.14. The molecule has 1 aromatic heterocycles. The Bertz CT molecular complexity index is 337. The molecule has 1 saturated carbocycles. The molecule has 2 rings (SSSR count). The second kappa shape index (κ2) is 4.58. The largest absolute Gasteiger partial charge is 0.335 e. The van der Waals surface area contributed by atoms with Crippen molar-refractivity contribution in [1.29, 1.82) is 0 Å². The number of nitrogens with zero attached hydrogens (tertiary/aromatic N) is 2. The highest BCUT2D eigenvalue weighted by Crippen LogP contribution is 2.26. The van der Waals surface area contributed by atoms with Crippen LogP contribution in [0.5, 0.6) is 0 Å². The highest BCUT2D eigenvalue weighted by atomic mass is 15.1. The topological polar surface area (TPSA) is 29.9 Å². The van der Waals surface area contributed by atoms with Crippen molar-refractivity contribution in [3.63, 3.8) is 0 Å². The van der Waals surface area contributed by atoms with Crippen LogP contribution in [0.4, 0.5) is 0 Å². The molecule has 0 bridgehead atoms. The minimum absolute atomic E-state index is 0.168. The lowest BCUT2D eigenvalue weighted by molar-refractivity contribution is 0.414. The van der Waals surface area contributed by atoms with Crippen LogP contribution in [0.1, 0.15) is 45.9 Å². The summed E-state index contributed by atoms with van der Waals surface area (Å²) in [6.07, 6.45) is 7.87. The Morgan fingerprint density at radius 2 is 2.25 bits per heavy atom. The third-order valence-electron chi connectivity index (χ3n) is 3.42. The number of aryl methyl sites for hydroxylation is 1. The minimum Gasteiger partial charge on any atom is -0.335 e. The van der Waals surface area contributed by atoms with E-state index in [1.54, 1.807) is 0 Å². The summed E-state index contributed by atoms with van der Waals surface area (Å²) < 4.78 is 2.25. The Balaban J connectivity index is 1.93. The van der Waals surface area contributed by atoms with Gasteiger partial charge in [0.15, 0.2) is 0 Å². The minimum atomic E-state index is 0.168. The molecule has 1 N–H and O–H groups in total. The first-order valence-electron chi connectivity index (χ1n) is 6.38. The first-order chi connectivity index (χ1) is 7.63. The van der Waals surface area contributed by atoms with Gasteiger partial charge in [-0.2, -0.15) is 0 Å². The van der Waals surface area contributed by atoms with Crippen LogP contribution in [0.2, 0.25) is 0 Å². The number of aromatic nitrogens is 2. The Morgan fingerprint density at radius 3 is 2.88 bits per heavy atom. The summed E-state index contributed by atoms with van der Waals surface area (Å²) in [6, 6.07) is 0.807. The maximum Gasteiger partial charge on any atom is 0.114 e. The van der Waals surface area contributed by atoms with Crippen molar-refractivity contribution in [3.8, 4) is 0 Å². The molecule has 90 valence electrons. The quantitative estimate of drug-likeness (QED) is 0.799. The van der Waals surface area contributed by atoms with Gasteiger partial charge in [-0.1, -0.05) is 13.8 Å². The lowest BCUT2D eigenvalue weighted by Gasteiger charge is -2.25. The lowest BCUT2D eigenvalue weighted by Crippen LogP contribution is -2.29.